The molecule has 0 spiro atoms. The summed E-state index contributed by atoms with van der Waals surface area (Å²) in [4.78, 5) is 17.9. The minimum absolute atomic E-state index is 0.187. The Bertz CT molecular complexity index is 1030. The lowest BCUT2D eigenvalue weighted by Gasteiger charge is -2.02. The van der Waals surface area contributed by atoms with Crippen molar-refractivity contribution in [1.29, 1.82) is 0 Å². The maximum Gasteiger partial charge on any atom is 0.255 e. The number of hydrogen-bond donors (Lipinski definition) is 1. The summed E-state index contributed by atoms with van der Waals surface area (Å²) in [6.45, 7) is 2.75. The van der Waals surface area contributed by atoms with Gasteiger partial charge in [-0.15, -0.1) is 16.4 Å². The van der Waals surface area contributed by atoms with E-state index in [0.717, 1.165) is 28.9 Å². The quantitative estimate of drug-likeness (QED) is 0.583. The van der Waals surface area contributed by atoms with Gasteiger partial charge in [0.15, 0.2) is 0 Å². The maximum absolute atomic E-state index is 12.4. The van der Waals surface area contributed by atoms with E-state index < -0.39 is 0 Å². The van der Waals surface area contributed by atoms with Crippen LogP contribution in [-0.4, -0.2) is 30.3 Å². The van der Waals surface area contributed by atoms with Crippen molar-refractivity contribution in [2.45, 2.75) is 19.9 Å². The van der Waals surface area contributed by atoms with Crippen molar-refractivity contribution in [3.05, 3.63) is 52.2 Å². The predicted octanol–water partition coefficient (Wildman–Crippen LogP) is 3.15. The molecular formula is C16H14N6OS2. The van der Waals surface area contributed by atoms with Crippen LogP contribution in [0.3, 0.4) is 0 Å². The summed E-state index contributed by atoms with van der Waals surface area (Å²) in [7, 11) is 0. The molecule has 0 radical (unpaired) electrons. The van der Waals surface area contributed by atoms with Crippen molar-refractivity contribution >= 4 is 44.7 Å². The van der Waals surface area contributed by atoms with Gasteiger partial charge in [-0.05, 0) is 36.7 Å². The van der Waals surface area contributed by atoms with Crippen LogP contribution in [-0.2, 0) is 13.0 Å². The third-order valence-electron chi connectivity index (χ3n) is 3.81. The molecule has 1 amide bonds. The molecule has 4 aromatic rings. The number of aromatic nitrogens is 5. The molecule has 3 heterocycles. The van der Waals surface area contributed by atoms with Crippen LogP contribution in [0.4, 0.5) is 5.69 Å². The number of benzene rings is 1. The second kappa shape index (κ2) is 6.69. The van der Waals surface area contributed by atoms with Crippen LogP contribution < -0.4 is 5.32 Å². The van der Waals surface area contributed by atoms with Crippen LogP contribution in [0.2, 0.25) is 0 Å². The topological polar surface area (TPSA) is 85.6 Å². The summed E-state index contributed by atoms with van der Waals surface area (Å²) in [5.41, 5.74) is 4.87. The first-order valence-electron chi connectivity index (χ1n) is 7.64. The van der Waals surface area contributed by atoms with Crippen molar-refractivity contribution in [3.63, 3.8) is 0 Å². The fourth-order valence-corrected chi connectivity index (χ4v) is 3.77. The number of thiazole rings is 1. The molecule has 4 rings (SSSR count). The molecule has 0 bridgehead atoms. The summed E-state index contributed by atoms with van der Waals surface area (Å²) in [6.07, 6.45) is 4.36. The Kier molecular flexibility index (Phi) is 4.24. The van der Waals surface area contributed by atoms with Gasteiger partial charge in [-0.25, -0.2) is 4.98 Å². The zero-order valence-electron chi connectivity index (χ0n) is 13.3. The van der Waals surface area contributed by atoms with E-state index in [0.29, 0.717) is 11.3 Å². The maximum atomic E-state index is 12.4. The number of carbonyl (C=O) groups is 1. The Hall–Kier alpha value is -2.65. The van der Waals surface area contributed by atoms with Gasteiger partial charge in [-0.3, -0.25) is 9.48 Å². The number of carbonyl (C=O) groups excluding carboxylic acids is 1. The summed E-state index contributed by atoms with van der Waals surface area (Å²) >= 11 is 2.96. The molecule has 0 saturated carbocycles. The highest BCUT2D eigenvalue weighted by atomic mass is 32.1. The summed E-state index contributed by atoms with van der Waals surface area (Å²) in [6, 6.07) is 5.37. The number of hydrogen-bond acceptors (Lipinski definition) is 7. The average molecular weight is 370 g/mol. The smallest absolute Gasteiger partial charge is 0.255 e. The Labute approximate surface area is 151 Å². The number of aryl methyl sites for hydroxylation is 3. The number of anilines is 1. The molecule has 1 N–H and O–H groups in total. The van der Waals surface area contributed by atoms with Crippen molar-refractivity contribution in [2.75, 3.05) is 5.32 Å². The van der Waals surface area contributed by atoms with Crippen molar-refractivity contribution in [3.8, 4) is 0 Å². The molecule has 9 heteroatoms. The minimum atomic E-state index is -0.187. The van der Waals surface area contributed by atoms with E-state index in [2.05, 4.69) is 25.0 Å². The fourth-order valence-electron chi connectivity index (χ4n) is 2.46. The molecule has 0 unspecified atom stereocenters. The van der Waals surface area contributed by atoms with Gasteiger partial charge in [0.2, 0.25) is 0 Å². The van der Waals surface area contributed by atoms with Crippen LogP contribution in [0.5, 0.6) is 0 Å². The van der Waals surface area contributed by atoms with Crippen molar-refractivity contribution in [2.24, 2.45) is 0 Å². The molecule has 0 aliphatic carbocycles. The van der Waals surface area contributed by atoms with Crippen LogP contribution in [0.1, 0.15) is 20.9 Å². The lowest BCUT2D eigenvalue weighted by atomic mass is 10.2. The number of rotatable bonds is 5. The second-order valence-electron chi connectivity index (χ2n) is 5.51. The van der Waals surface area contributed by atoms with Gasteiger partial charge in [-0.2, -0.15) is 5.10 Å². The SMILES string of the molecule is Cc1ncsc1CCn1cc(NC(=O)c2ccc3snnc3c2)cn1. The first kappa shape index (κ1) is 15.9. The van der Waals surface area contributed by atoms with Crippen molar-refractivity contribution < 1.29 is 4.79 Å². The highest BCUT2D eigenvalue weighted by molar-refractivity contribution is 7.12. The second-order valence-corrected chi connectivity index (χ2v) is 7.24. The molecule has 1 aromatic carbocycles. The number of amides is 1. The van der Waals surface area contributed by atoms with Gasteiger partial charge in [0, 0.05) is 29.6 Å². The molecule has 0 fully saturated rings. The Balaban J connectivity index is 1.41. The highest BCUT2D eigenvalue weighted by Gasteiger charge is 2.10. The van der Waals surface area contributed by atoms with Gasteiger partial charge in [0.05, 0.1) is 27.8 Å². The average Bonchev–Trinajstić information content (AvgIpc) is 3.33. The van der Waals surface area contributed by atoms with Crippen molar-refractivity contribution in [1.82, 2.24) is 24.4 Å². The third kappa shape index (κ3) is 3.42. The van der Waals surface area contributed by atoms with Gasteiger partial charge >= 0.3 is 0 Å². The fraction of sp³-hybridized carbons (Fsp3) is 0.188. The number of fused-ring (bicyclic) bond motifs is 1. The van der Waals surface area contributed by atoms with Crippen LogP contribution in [0, 0.1) is 6.92 Å². The van der Waals surface area contributed by atoms with E-state index in [-0.39, 0.29) is 5.91 Å². The predicted molar refractivity (Wildman–Crippen MR) is 98.2 cm³/mol. The lowest BCUT2D eigenvalue weighted by molar-refractivity contribution is 0.102. The minimum Gasteiger partial charge on any atom is -0.319 e. The monoisotopic (exact) mass is 370 g/mol. The molecule has 0 aliphatic rings. The van der Waals surface area contributed by atoms with Crippen LogP contribution in [0.15, 0.2) is 36.1 Å². The van der Waals surface area contributed by atoms with Crippen LogP contribution in [0.25, 0.3) is 10.2 Å². The van der Waals surface area contributed by atoms with E-state index in [1.165, 1.54) is 16.4 Å². The Morgan fingerprint density at radius 3 is 3.12 bits per heavy atom. The molecule has 7 nitrogen and oxygen atoms in total. The van der Waals surface area contributed by atoms with E-state index in [1.807, 2.05) is 29.4 Å². The number of nitrogens with zero attached hydrogens (tertiary/aromatic N) is 5. The van der Waals surface area contributed by atoms with Gasteiger partial charge in [-0.1, -0.05) is 4.49 Å². The van der Waals surface area contributed by atoms with E-state index in [4.69, 9.17) is 0 Å². The largest absolute Gasteiger partial charge is 0.319 e. The normalized spacial score (nSPS) is 11.1. The Morgan fingerprint density at radius 2 is 2.28 bits per heavy atom. The molecular weight excluding hydrogens is 356 g/mol. The van der Waals surface area contributed by atoms with Gasteiger partial charge in [0.25, 0.3) is 5.91 Å². The zero-order valence-corrected chi connectivity index (χ0v) is 15.0. The van der Waals surface area contributed by atoms with E-state index >= 15 is 0 Å². The lowest BCUT2D eigenvalue weighted by Crippen LogP contribution is -2.11. The molecule has 25 heavy (non-hydrogen) atoms. The first-order valence-corrected chi connectivity index (χ1v) is 9.29. The van der Waals surface area contributed by atoms with E-state index in [9.17, 15) is 4.79 Å². The molecule has 0 aliphatic heterocycles. The van der Waals surface area contributed by atoms with Gasteiger partial charge < -0.3 is 5.32 Å². The molecule has 0 atom stereocenters. The third-order valence-corrected chi connectivity index (χ3v) is 5.51. The first-order chi connectivity index (χ1) is 12.2. The highest BCUT2D eigenvalue weighted by Crippen LogP contribution is 2.18. The summed E-state index contributed by atoms with van der Waals surface area (Å²) in [5, 5.41) is 11.2. The molecule has 3 aromatic heterocycles. The summed E-state index contributed by atoms with van der Waals surface area (Å²) < 4.78 is 6.66. The van der Waals surface area contributed by atoms with Crippen LogP contribution >= 0.6 is 22.9 Å². The number of nitrogens with one attached hydrogen (secondary N) is 1. The summed E-state index contributed by atoms with van der Waals surface area (Å²) in [5.74, 6) is -0.187. The standard InChI is InChI=1S/C16H14N6OS2/c1-10-14(24-9-17-10)4-5-22-8-12(7-18-22)19-16(23)11-2-3-15-13(6-11)20-21-25-15/h2-3,6-9H,4-5H2,1H3,(H,19,23). The Morgan fingerprint density at radius 1 is 1.36 bits per heavy atom. The molecule has 0 saturated heterocycles. The molecule has 126 valence electrons. The zero-order chi connectivity index (χ0) is 17.2. The van der Waals surface area contributed by atoms with E-state index in [1.54, 1.807) is 29.7 Å². The van der Waals surface area contributed by atoms with Gasteiger partial charge in [0.1, 0.15) is 5.52 Å².